The Morgan fingerprint density at radius 3 is 2.42 bits per heavy atom. The van der Waals surface area contributed by atoms with Crippen molar-refractivity contribution in [2.75, 3.05) is 39.4 Å². The first-order valence-electron chi connectivity index (χ1n) is 7.73. The van der Waals surface area contributed by atoms with E-state index < -0.39 is 5.91 Å². The molecule has 1 aliphatic heterocycles. The standard InChI is InChI=1S/C16H21N3O5/c1-2-23-16(22)19-8-6-18(7-9-19)14(20)11-24-13-5-3-4-12(10-13)15(17)21/h3-5,10H,2,6-9,11H2,1H3,(H2,17,21). The number of hydrogen-bond acceptors (Lipinski definition) is 5. The van der Waals surface area contributed by atoms with Crippen molar-refractivity contribution in [2.24, 2.45) is 5.73 Å². The van der Waals surface area contributed by atoms with Gasteiger partial charge in [-0.2, -0.15) is 0 Å². The molecule has 1 fully saturated rings. The molecule has 0 bridgehead atoms. The van der Waals surface area contributed by atoms with Crippen molar-refractivity contribution >= 4 is 17.9 Å². The number of nitrogens with two attached hydrogens (primary N) is 1. The first kappa shape index (κ1) is 17.6. The zero-order chi connectivity index (χ0) is 17.5. The third-order valence-corrected chi connectivity index (χ3v) is 3.64. The molecule has 8 nitrogen and oxygen atoms in total. The predicted molar refractivity (Wildman–Crippen MR) is 85.6 cm³/mol. The van der Waals surface area contributed by atoms with Crippen LogP contribution in [0, 0.1) is 0 Å². The maximum absolute atomic E-state index is 12.2. The van der Waals surface area contributed by atoms with Crippen molar-refractivity contribution in [1.82, 2.24) is 9.80 Å². The van der Waals surface area contributed by atoms with E-state index in [1.807, 2.05) is 0 Å². The van der Waals surface area contributed by atoms with Gasteiger partial charge in [-0.25, -0.2) is 4.79 Å². The molecular weight excluding hydrogens is 314 g/mol. The van der Waals surface area contributed by atoms with Gasteiger partial charge in [0.1, 0.15) is 5.75 Å². The average molecular weight is 335 g/mol. The van der Waals surface area contributed by atoms with Gasteiger partial charge in [-0.15, -0.1) is 0 Å². The molecule has 1 aliphatic rings. The highest BCUT2D eigenvalue weighted by atomic mass is 16.6. The van der Waals surface area contributed by atoms with E-state index in [-0.39, 0.29) is 18.6 Å². The Hall–Kier alpha value is -2.77. The normalized spacial score (nSPS) is 14.2. The number of benzene rings is 1. The molecule has 0 aromatic heterocycles. The molecule has 2 rings (SSSR count). The third kappa shape index (κ3) is 4.61. The average Bonchev–Trinajstić information content (AvgIpc) is 2.60. The minimum atomic E-state index is -0.554. The third-order valence-electron chi connectivity index (χ3n) is 3.64. The van der Waals surface area contributed by atoms with Crippen molar-refractivity contribution in [3.8, 4) is 5.75 Å². The molecule has 8 heteroatoms. The second kappa shape index (κ2) is 8.19. The summed E-state index contributed by atoms with van der Waals surface area (Å²) in [5.74, 6) is -0.324. The largest absolute Gasteiger partial charge is 0.484 e. The van der Waals surface area contributed by atoms with E-state index in [9.17, 15) is 14.4 Å². The number of carbonyl (C=O) groups is 3. The van der Waals surface area contributed by atoms with E-state index in [2.05, 4.69) is 0 Å². The molecule has 1 aromatic rings. The maximum Gasteiger partial charge on any atom is 0.409 e. The summed E-state index contributed by atoms with van der Waals surface area (Å²) in [7, 11) is 0. The molecule has 130 valence electrons. The summed E-state index contributed by atoms with van der Waals surface area (Å²) in [6.07, 6.45) is -0.357. The highest BCUT2D eigenvalue weighted by Gasteiger charge is 2.24. The number of rotatable bonds is 5. The van der Waals surface area contributed by atoms with Crippen molar-refractivity contribution in [3.63, 3.8) is 0 Å². The second-order valence-electron chi connectivity index (χ2n) is 5.25. The number of ether oxygens (including phenoxy) is 2. The first-order valence-corrected chi connectivity index (χ1v) is 7.73. The van der Waals surface area contributed by atoms with Gasteiger partial charge in [0.05, 0.1) is 6.61 Å². The summed E-state index contributed by atoms with van der Waals surface area (Å²) < 4.78 is 10.4. The number of piperazine rings is 1. The van der Waals surface area contributed by atoms with Crippen molar-refractivity contribution in [2.45, 2.75) is 6.92 Å². The van der Waals surface area contributed by atoms with E-state index in [0.717, 1.165) is 0 Å². The summed E-state index contributed by atoms with van der Waals surface area (Å²) in [6, 6.07) is 6.36. The van der Waals surface area contributed by atoms with Crippen molar-refractivity contribution in [1.29, 1.82) is 0 Å². The van der Waals surface area contributed by atoms with Gasteiger partial charge < -0.3 is 25.0 Å². The molecule has 1 saturated heterocycles. The van der Waals surface area contributed by atoms with E-state index >= 15 is 0 Å². The van der Waals surface area contributed by atoms with Gasteiger partial charge in [-0.3, -0.25) is 9.59 Å². The monoisotopic (exact) mass is 335 g/mol. The Morgan fingerprint density at radius 1 is 1.12 bits per heavy atom. The lowest BCUT2D eigenvalue weighted by Gasteiger charge is -2.33. The number of nitrogens with zero attached hydrogens (tertiary/aromatic N) is 2. The van der Waals surface area contributed by atoms with Gasteiger partial charge in [0, 0.05) is 31.7 Å². The van der Waals surface area contributed by atoms with Crippen LogP contribution in [0.15, 0.2) is 24.3 Å². The molecule has 24 heavy (non-hydrogen) atoms. The minimum Gasteiger partial charge on any atom is -0.484 e. The summed E-state index contributed by atoms with van der Waals surface area (Å²) in [5.41, 5.74) is 5.52. The molecule has 3 amide bonds. The van der Waals surface area contributed by atoms with E-state index in [1.165, 1.54) is 6.07 Å². The Bertz CT molecular complexity index is 611. The SMILES string of the molecule is CCOC(=O)N1CCN(C(=O)COc2cccc(C(N)=O)c2)CC1. The quantitative estimate of drug-likeness (QED) is 0.842. The number of primary amides is 1. The summed E-state index contributed by atoms with van der Waals surface area (Å²) >= 11 is 0. The Balaban J connectivity index is 1.81. The molecule has 1 aromatic carbocycles. The number of hydrogen-bond donors (Lipinski definition) is 1. The van der Waals surface area contributed by atoms with Gasteiger partial charge in [-0.05, 0) is 25.1 Å². The van der Waals surface area contributed by atoms with Crippen LogP contribution < -0.4 is 10.5 Å². The van der Waals surface area contributed by atoms with Gasteiger partial charge in [0.25, 0.3) is 5.91 Å². The second-order valence-corrected chi connectivity index (χ2v) is 5.25. The lowest BCUT2D eigenvalue weighted by molar-refractivity contribution is -0.134. The molecule has 0 aliphatic carbocycles. The molecule has 2 N–H and O–H groups in total. The fourth-order valence-electron chi connectivity index (χ4n) is 2.33. The summed E-state index contributed by atoms with van der Waals surface area (Å²) in [5, 5.41) is 0. The van der Waals surface area contributed by atoms with Crippen LogP contribution in [0.2, 0.25) is 0 Å². The van der Waals surface area contributed by atoms with Crippen LogP contribution in [-0.2, 0) is 9.53 Å². The van der Waals surface area contributed by atoms with Crippen LogP contribution in [0.1, 0.15) is 17.3 Å². The molecule has 0 spiro atoms. The van der Waals surface area contributed by atoms with Crippen LogP contribution in [0.5, 0.6) is 5.75 Å². The van der Waals surface area contributed by atoms with Gasteiger partial charge in [0.15, 0.2) is 6.61 Å². The van der Waals surface area contributed by atoms with Gasteiger partial charge in [-0.1, -0.05) is 6.07 Å². The lowest BCUT2D eigenvalue weighted by Crippen LogP contribution is -2.51. The fraction of sp³-hybridized carbons (Fsp3) is 0.438. The molecule has 1 heterocycles. The van der Waals surface area contributed by atoms with E-state index in [1.54, 1.807) is 34.9 Å². The highest BCUT2D eigenvalue weighted by molar-refractivity contribution is 5.93. The predicted octanol–water partition coefficient (Wildman–Crippen LogP) is 0.465. The van der Waals surface area contributed by atoms with Crippen LogP contribution >= 0.6 is 0 Å². The van der Waals surface area contributed by atoms with Crippen LogP contribution in [0.25, 0.3) is 0 Å². The Morgan fingerprint density at radius 2 is 1.79 bits per heavy atom. The fourth-order valence-corrected chi connectivity index (χ4v) is 2.33. The van der Waals surface area contributed by atoms with E-state index in [4.69, 9.17) is 15.2 Å². The molecule has 0 unspecified atom stereocenters. The van der Waals surface area contributed by atoms with Crippen LogP contribution in [0.3, 0.4) is 0 Å². The minimum absolute atomic E-state index is 0.137. The lowest BCUT2D eigenvalue weighted by atomic mass is 10.2. The first-order chi connectivity index (χ1) is 11.5. The zero-order valence-electron chi connectivity index (χ0n) is 13.6. The zero-order valence-corrected chi connectivity index (χ0v) is 13.6. The molecule has 0 radical (unpaired) electrons. The summed E-state index contributed by atoms with van der Waals surface area (Å²) in [4.78, 5) is 38.1. The van der Waals surface area contributed by atoms with Crippen molar-refractivity contribution in [3.05, 3.63) is 29.8 Å². The van der Waals surface area contributed by atoms with E-state index in [0.29, 0.717) is 44.1 Å². The van der Waals surface area contributed by atoms with Crippen LogP contribution in [-0.4, -0.2) is 67.1 Å². The molecule has 0 saturated carbocycles. The topological polar surface area (TPSA) is 102 Å². The molecular formula is C16H21N3O5. The Labute approximate surface area is 140 Å². The van der Waals surface area contributed by atoms with Gasteiger partial charge in [0.2, 0.25) is 5.91 Å². The summed E-state index contributed by atoms with van der Waals surface area (Å²) in [6.45, 7) is 3.67. The Kier molecular flexibility index (Phi) is 6.00. The number of carbonyl (C=O) groups excluding carboxylic acids is 3. The van der Waals surface area contributed by atoms with Crippen molar-refractivity contribution < 1.29 is 23.9 Å². The number of amides is 3. The highest BCUT2D eigenvalue weighted by Crippen LogP contribution is 2.13. The van der Waals surface area contributed by atoms with Crippen LogP contribution in [0.4, 0.5) is 4.79 Å². The smallest absolute Gasteiger partial charge is 0.409 e. The molecule has 0 atom stereocenters. The van der Waals surface area contributed by atoms with Gasteiger partial charge >= 0.3 is 6.09 Å². The maximum atomic E-state index is 12.2.